The molecule has 2 aromatic carbocycles. The largest absolute Gasteiger partial charge is 0.354 e. The number of carbonyl (C=O) groups is 1. The Balaban J connectivity index is 1.87. The van der Waals surface area contributed by atoms with Gasteiger partial charge in [0.2, 0.25) is 15.9 Å². The Hall–Kier alpha value is -1.70. The van der Waals surface area contributed by atoms with Crippen LogP contribution in [0.1, 0.15) is 18.1 Å². The number of nitrogens with zero attached hydrogens (tertiary/aromatic N) is 1. The molecule has 2 aromatic rings. The molecule has 0 atom stereocenters. The normalized spacial score (nSPS) is 11.2. The number of carbonyl (C=O) groups excluding carboxylic acids is 1. The molecule has 0 saturated heterocycles. The molecule has 152 valence electrons. The molecule has 0 fully saturated rings. The molecule has 0 bridgehead atoms. The lowest BCUT2D eigenvalue weighted by molar-refractivity contribution is -0.119. The average molecular weight is 441 g/mol. The summed E-state index contributed by atoms with van der Waals surface area (Å²) in [6, 6.07) is 14.9. The number of benzene rings is 2. The molecule has 0 aliphatic heterocycles. The number of sulfonamides is 1. The zero-order valence-electron chi connectivity index (χ0n) is 16.0. The predicted molar refractivity (Wildman–Crippen MR) is 119 cm³/mol. The van der Waals surface area contributed by atoms with Gasteiger partial charge in [-0.3, -0.25) is 9.10 Å². The fourth-order valence-corrected chi connectivity index (χ4v) is 4.61. The van der Waals surface area contributed by atoms with Crippen molar-refractivity contribution in [3.8, 4) is 0 Å². The number of para-hydroxylation sites is 1. The van der Waals surface area contributed by atoms with Crippen LogP contribution in [0.2, 0.25) is 5.02 Å². The molecule has 1 N–H and O–H groups in total. The summed E-state index contributed by atoms with van der Waals surface area (Å²) in [7, 11) is -3.57. The number of hydrogen-bond acceptors (Lipinski definition) is 4. The highest BCUT2D eigenvalue weighted by Gasteiger charge is 2.22. The summed E-state index contributed by atoms with van der Waals surface area (Å²) in [5, 5.41) is 3.51. The molecular formula is C20H25ClN2O3S2. The first-order chi connectivity index (χ1) is 13.3. The second-order valence-corrected chi connectivity index (χ2v) is 9.73. The fraction of sp³-hybridized carbons (Fsp3) is 0.350. The fourth-order valence-electron chi connectivity index (χ4n) is 2.70. The summed E-state index contributed by atoms with van der Waals surface area (Å²) >= 11 is 7.64. The minimum Gasteiger partial charge on any atom is -0.354 e. The van der Waals surface area contributed by atoms with Crippen LogP contribution in [0.5, 0.6) is 0 Å². The average Bonchev–Trinajstić information content (AvgIpc) is 2.65. The van der Waals surface area contributed by atoms with Gasteiger partial charge in [-0.25, -0.2) is 8.42 Å². The SMILES string of the molecule is CCc1ccccc1N(CC(=O)NCCSCc1cccc(Cl)c1)S(C)(=O)=O. The van der Waals surface area contributed by atoms with Crippen molar-refractivity contribution in [2.75, 3.05) is 29.4 Å². The van der Waals surface area contributed by atoms with E-state index < -0.39 is 10.0 Å². The molecule has 0 heterocycles. The lowest BCUT2D eigenvalue weighted by Gasteiger charge is -2.24. The molecule has 2 rings (SSSR count). The van der Waals surface area contributed by atoms with Crippen molar-refractivity contribution in [1.29, 1.82) is 0 Å². The van der Waals surface area contributed by atoms with E-state index >= 15 is 0 Å². The number of nitrogens with one attached hydrogen (secondary N) is 1. The van der Waals surface area contributed by atoms with Crippen molar-refractivity contribution in [2.24, 2.45) is 0 Å². The highest BCUT2D eigenvalue weighted by molar-refractivity contribution is 7.98. The van der Waals surface area contributed by atoms with Crippen molar-refractivity contribution in [2.45, 2.75) is 19.1 Å². The van der Waals surface area contributed by atoms with E-state index in [1.807, 2.05) is 43.3 Å². The Morgan fingerprint density at radius 1 is 1.18 bits per heavy atom. The van der Waals surface area contributed by atoms with E-state index in [1.54, 1.807) is 23.9 Å². The summed E-state index contributed by atoms with van der Waals surface area (Å²) in [5.41, 5.74) is 2.57. The van der Waals surface area contributed by atoms with Crippen molar-refractivity contribution in [3.63, 3.8) is 0 Å². The second-order valence-electron chi connectivity index (χ2n) is 6.28. The topological polar surface area (TPSA) is 66.5 Å². The second kappa shape index (κ2) is 10.7. The molecule has 0 aromatic heterocycles. The van der Waals surface area contributed by atoms with Crippen LogP contribution >= 0.6 is 23.4 Å². The number of rotatable bonds is 10. The van der Waals surface area contributed by atoms with Gasteiger partial charge in [-0.2, -0.15) is 11.8 Å². The van der Waals surface area contributed by atoms with Gasteiger partial charge < -0.3 is 5.32 Å². The van der Waals surface area contributed by atoms with Gasteiger partial charge in [0.15, 0.2) is 0 Å². The van der Waals surface area contributed by atoms with Gasteiger partial charge >= 0.3 is 0 Å². The van der Waals surface area contributed by atoms with Crippen molar-refractivity contribution in [1.82, 2.24) is 5.32 Å². The van der Waals surface area contributed by atoms with E-state index in [2.05, 4.69) is 5.32 Å². The minimum atomic E-state index is -3.57. The third kappa shape index (κ3) is 7.04. The van der Waals surface area contributed by atoms with Gasteiger partial charge in [-0.15, -0.1) is 0 Å². The maximum Gasteiger partial charge on any atom is 0.240 e. The summed E-state index contributed by atoms with van der Waals surface area (Å²) in [6.07, 6.45) is 1.80. The van der Waals surface area contributed by atoms with E-state index in [9.17, 15) is 13.2 Å². The first-order valence-corrected chi connectivity index (χ1v) is 12.3. The highest BCUT2D eigenvalue weighted by atomic mass is 35.5. The van der Waals surface area contributed by atoms with E-state index in [1.165, 1.54) is 4.31 Å². The third-order valence-electron chi connectivity index (χ3n) is 4.06. The van der Waals surface area contributed by atoms with Crippen LogP contribution in [0.25, 0.3) is 0 Å². The summed E-state index contributed by atoms with van der Waals surface area (Å²) in [6.45, 7) is 2.20. The predicted octanol–water partition coefficient (Wildman–Crippen LogP) is 3.72. The molecule has 0 aliphatic rings. The zero-order chi connectivity index (χ0) is 20.6. The van der Waals surface area contributed by atoms with Crippen LogP contribution < -0.4 is 9.62 Å². The molecule has 8 heteroatoms. The first-order valence-electron chi connectivity index (χ1n) is 8.95. The van der Waals surface area contributed by atoms with Gasteiger partial charge in [0, 0.05) is 23.1 Å². The Morgan fingerprint density at radius 3 is 2.61 bits per heavy atom. The van der Waals surface area contributed by atoms with Crippen LogP contribution in [-0.2, 0) is 27.0 Å². The molecule has 0 aliphatic carbocycles. The van der Waals surface area contributed by atoms with Crippen LogP contribution in [-0.4, -0.2) is 39.4 Å². The summed E-state index contributed by atoms with van der Waals surface area (Å²) < 4.78 is 25.6. The third-order valence-corrected chi connectivity index (χ3v) is 6.45. The van der Waals surface area contributed by atoms with E-state index in [0.717, 1.165) is 28.9 Å². The zero-order valence-corrected chi connectivity index (χ0v) is 18.4. The lowest BCUT2D eigenvalue weighted by Crippen LogP contribution is -2.41. The number of thioether (sulfide) groups is 1. The van der Waals surface area contributed by atoms with E-state index in [-0.39, 0.29) is 12.5 Å². The van der Waals surface area contributed by atoms with Crippen molar-refractivity contribution < 1.29 is 13.2 Å². The number of hydrogen-bond donors (Lipinski definition) is 1. The van der Waals surface area contributed by atoms with Crippen molar-refractivity contribution in [3.05, 3.63) is 64.7 Å². The van der Waals surface area contributed by atoms with Gasteiger partial charge in [-0.05, 0) is 35.7 Å². The molecule has 0 saturated carbocycles. The summed E-state index contributed by atoms with van der Waals surface area (Å²) in [4.78, 5) is 12.3. The maximum atomic E-state index is 12.3. The molecular weight excluding hydrogens is 416 g/mol. The smallest absolute Gasteiger partial charge is 0.240 e. The molecule has 1 amide bonds. The number of amides is 1. The highest BCUT2D eigenvalue weighted by Crippen LogP contribution is 2.23. The number of anilines is 1. The molecule has 0 unspecified atom stereocenters. The molecule has 0 radical (unpaired) electrons. The van der Waals surface area contributed by atoms with Crippen molar-refractivity contribution >= 4 is 45.0 Å². The minimum absolute atomic E-state index is 0.227. The molecule has 5 nitrogen and oxygen atoms in total. The Kier molecular flexibility index (Phi) is 8.66. The Labute approximate surface area is 176 Å². The Morgan fingerprint density at radius 2 is 1.93 bits per heavy atom. The first kappa shape index (κ1) is 22.6. The van der Waals surface area contributed by atoms with Gasteiger partial charge in [0.25, 0.3) is 0 Å². The monoisotopic (exact) mass is 440 g/mol. The molecule has 0 spiro atoms. The van der Waals surface area contributed by atoms with E-state index in [4.69, 9.17) is 11.6 Å². The van der Waals surface area contributed by atoms with Crippen LogP contribution in [0.3, 0.4) is 0 Å². The van der Waals surface area contributed by atoms with Gasteiger partial charge in [0.05, 0.1) is 11.9 Å². The summed E-state index contributed by atoms with van der Waals surface area (Å²) in [5.74, 6) is 1.21. The van der Waals surface area contributed by atoms with Crippen LogP contribution in [0, 0.1) is 0 Å². The number of halogens is 1. The van der Waals surface area contributed by atoms with Crippen LogP contribution in [0.15, 0.2) is 48.5 Å². The van der Waals surface area contributed by atoms with Gasteiger partial charge in [-0.1, -0.05) is 48.9 Å². The number of aryl methyl sites for hydroxylation is 1. The van der Waals surface area contributed by atoms with Gasteiger partial charge in [0.1, 0.15) is 6.54 Å². The lowest BCUT2D eigenvalue weighted by atomic mass is 10.1. The molecule has 28 heavy (non-hydrogen) atoms. The quantitative estimate of drug-likeness (QED) is 0.572. The van der Waals surface area contributed by atoms with Crippen LogP contribution in [0.4, 0.5) is 5.69 Å². The van der Waals surface area contributed by atoms with E-state index in [0.29, 0.717) is 23.7 Å². The maximum absolute atomic E-state index is 12.3. The Bertz CT molecular complexity index is 904. The standard InChI is InChI=1S/C20H25ClN2O3S2/c1-3-17-8-4-5-10-19(17)23(28(2,25)26)14-20(24)22-11-12-27-15-16-7-6-9-18(21)13-16/h4-10,13H,3,11-12,14-15H2,1-2H3,(H,22,24).